The molecule has 0 saturated carbocycles. The predicted molar refractivity (Wildman–Crippen MR) is 56.4 cm³/mol. The summed E-state index contributed by atoms with van der Waals surface area (Å²) in [7, 11) is 0. The number of hydrogen-bond acceptors (Lipinski definition) is 3. The van der Waals surface area contributed by atoms with Gasteiger partial charge >= 0.3 is 0 Å². The number of imidazole rings is 1. The smallest absolute Gasteiger partial charge is 0.166 e. The fourth-order valence-electron chi connectivity index (χ4n) is 1.03. The highest BCUT2D eigenvalue weighted by Crippen LogP contribution is 2.24. The Bertz CT molecular complexity index is 294. The zero-order valence-electron chi connectivity index (χ0n) is 7.96. The van der Waals surface area contributed by atoms with Gasteiger partial charge in [0, 0.05) is 6.04 Å². The minimum Gasteiger partial charge on any atom is -0.384 e. The Kier molecular flexibility index (Phi) is 3.78. The van der Waals surface area contributed by atoms with Gasteiger partial charge in [-0.1, -0.05) is 37.0 Å². The van der Waals surface area contributed by atoms with Crippen LogP contribution in [-0.4, -0.2) is 21.1 Å². The largest absolute Gasteiger partial charge is 0.384 e. The van der Waals surface area contributed by atoms with Gasteiger partial charge in [-0.3, -0.25) is 0 Å². The summed E-state index contributed by atoms with van der Waals surface area (Å²) in [5.74, 6) is 0.453. The molecule has 0 spiro atoms. The summed E-state index contributed by atoms with van der Waals surface area (Å²) in [5.41, 5.74) is 5.76. The van der Waals surface area contributed by atoms with Crippen LogP contribution in [0.5, 0.6) is 0 Å². The maximum atomic E-state index is 9.76. The van der Waals surface area contributed by atoms with Crippen molar-refractivity contribution >= 4 is 23.2 Å². The van der Waals surface area contributed by atoms with Crippen molar-refractivity contribution in [3.05, 3.63) is 16.1 Å². The van der Waals surface area contributed by atoms with E-state index in [-0.39, 0.29) is 16.2 Å². The fraction of sp³-hybridized carbons (Fsp3) is 0.625. The molecule has 2 atom stereocenters. The van der Waals surface area contributed by atoms with Gasteiger partial charge in [-0.15, -0.1) is 0 Å². The van der Waals surface area contributed by atoms with Gasteiger partial charge in [0.2, 0.25) is 0 Å². The molecule has 0 aliphatic carbocycles. The molecule has 14 heavy (non-hydrogen) atoms. The highest BCUT2D eigenvalue weighted by atomic mass is 35.5. The summed E-state index contributed by atoms with van der Waals surface area (Å²) >= 11 is 11.3. The molecule has 1 heterocycles. The Balaban J connectivity index is 2.83. The number of aliphatic hydroxyl groups excluding tert-OH is 1. The van der Waals surface area contributed by atoms with E-state index in [1.165, 1.54) is 0 Å². The number of rotatable bonds is 3. The van der Waals surface area contributed by atoms with Crippen LogP contribution in [0.15, 0.2) is 0 Å². The van der Waals surface area contributed by atoms with Crippen molar-refractivity contribution in [1.29, 1.82) is 0 Å². The first-order valence-electron chi connectivity index (χ1n) is 4.28. The number of hydrogen-bond donors (Lipinski definition) is 3. The second-order valence-electron chi connectivity index (χ2n) is 3.49. The van der Waals surface area contributed by atoms with E-state index in [1.807, 2.05) is 13.8 Å². The molecule has 80 valence electrons. The van der Waals surface area contributed by atoms with Crippen LogP contribution in [0.3, 0.4) is 0 Å². The van der Waals surface area contributed by atoms with Crippen molar-refractivity contribution in [3.8, 4) is 0 Å². The molecule has 0 saturated heterocycles. The third kappa shape index (κ3) is 2.39. The molecule has 4 N–H and O–H groups in total. The average Bonchev–Trinajstić information content (AvgIpc) is 2.44. The Labute approximate surface area is 92.4 Å². The van der Waals surface area contributed by atoms with Crippen LogP contribution in [0.25, 0.3) is 0 Å². The van der Waals surface area contributed by atoms with E-state index in [0.717, 1.165) is 0 Å². The van der Waals surface area contributed by atoms with Gasteiger partial charge < -0.3 is 15.8 Å². The van der Waals surface area contributed by atoms with E-state index in [9.17, 15) is 5.11 Å². The van der Waals surface area contributed by atoms with E-state index < -0.39 is 12.1 Å². The summed E-state index contributed by atoms with van der Waals surface area (Å²) in [6.07, 6.45) is -0.875. The lowest BCUT2D eigenvalue weighted by Gasteiger charge is -2.20. The second kappa shape index (κ2) is 4.49. The molecular weight excluding hydrogens is 225 g/mol. The lowest BCUT2D eigenvalue weighted by atomic mass is 9.99. The summed E-state index contributed by atoms with van der Waals surface area (Å²) in [6.45, 7) is 3.83. The quantitative estimate of drug-likeness (QED) is 0.750. The van der Waals surface area contributed by atoms with Gasteiger partial charge in [0.25, 0.3) is 0 Å². The molecule has 1 rings (SSSR count). The van der Waals surface area contributed by atoms with Crippen LogP contribution in [0.4, 0.5) is 0 Å². The minimum atomic E-state index is -0.875. The van der Waals surface area contributed by atoms with Crippen molar-refractivity contribution in [3.63, 3.8) is 0 Å². The van der Waals surface area contributed by atoms with Gasteiger partial charge in [0.05, 0.1) is 0 Å². The third-order valence-corrected chi connectivity index (χ3v) is 2.70. The average molecular weight is 238 g/mol. The molecule has 0 amide bonds. The normalized spacial score (nSPS) is 15.9. The first-order chi connectivity index (χ1) is 6.43. The van der Waals surface area contributed by atoms with Crippen LogP contribution in [0.2, 0.25) is 10.3 Å². The van der Waals surface area contributed by atoms with Gasteiger partial charge in [-0.25, -0.2) is 4.98 Å². The lowest BCUT2D eigenvalue weighted by molar-refractivity contribution is 0.118. The van der Waals surface area contributed by atoms with Crippen molar-refractivity contribution in [2.45, 2.75) is 26.0 Å². The summed E-state index contributed by atoms with van der Waals surface area (Å²) in [6, 6.07) is -0.395. The number of nitrogens with zero attached hydrogens (tertiary/aromatic N) is 1. The molecular formula is C8H13Cl2N3O. The van der Waals surface area contributed by atoms with Gasteiger partial charge in [0.15, 0.2) is 5.15 Å². The topological polar surface area (TPSA) is 74.9 Å². The number of aromatic nitrogens is 2. The van der Waals surface area contributed by atoms with Crippen molar-refractivity contribution in [2.24, 2.45) is 11.7 Å². The number of H-pyrrole nitrogens is 1. The molecule has 6 heteroatoms. The SMILES string of the molecule is CC(C)[C@@H](N)[C@H](O)c1nc(Cl)c(Cl)[nH]1. The molecule has 0 bridgehead atoms. The molecule has 0 aliphatic rings. The van der Waals surface area contributed by atoms with E-state index >= 15 is 0 Å². The molecule has 1 aromatic rings. The van der Waals surface area contributed by atoms with E-state index in [2.05, 4.69) is 9.97 Å². The van der Waals surface area contributed by atoms with Crippen LogP contribution < -0.4 is 5.73 Å². The fourth-order valence-corrected chi connectivity index (χ4v) is 1.31. The second-order valence-corrected chi connectivity index (χ2v) is 4.23. The number of aromatic amines is 1. The van der Waals surface area contributed by atoms with Crippen LogP contribution in [0, 0.1) is 5.92 Å². The first kappa shape index (κ1) is 11.8. The first-order valence-corrected chi connectivity index (χ1v) is 5.03. The van der Waals surface area contributed by atoms with E-state index in [4.69, 9.17) is 28.9 Å². The molecule has 0 unspecified atom stereocenters. The lowest BCUT2D eigenvalue weighted by Crippen LogP contribution is -2.34. The summed E-state index contributed by atoms with van der Waals surface area (Å²) in [5, 5.41) is 10.1. The van der Waals surface area contributed by atoms with Crippen LogP contribution >= 0.6 is 23.2 Å². The van der Waals surface area contributed by atoms with Gasteiger partial charge in [-0.2, -0.15) is 0 Å². The maximum absolute atomic E-state index is 9.76. The Morgan fingerprint density at radius 1 is 1.43 bits per heavy atom. The molecule has 1 aromatic heterocycles. The molecule has 0 radical (unpaired) electrons. The Morgan fingerprint density at radius 2 is 2.00 bits per heavy atom. The van der Waals surface area contributed by atoms with Crippen molar-refractivity contribution in [2.75, 3.05) is 0 Å². The van der Waals surface area contributed by atoms with Crippen molar-refractivity contribution in [1.82, 2.24) is 9.97 Å². The highest BCUT2D eigenvalue weighted by Gasteiger charge is 2.23. The maximum Gasteiger partial charge on any atom is 0.166 e. The molecule has 0 aromatic carbocycles. The van der Waals surface area contributed by atoms with Gasteiger partial charge in [0.1, 0.15) is 17.1 Å². The standard InChI is InChI=1S/C8H13Cl2N3O/c1-3(2)4(11)5(14)8-12-6(9)7(10)13-8/h3-5,14H,11H2,1-2H3,(H,12,13)/t4-,5+/m1/s1. The monoisotopic (exact) mass is 237 g/mol. The zero-order chi connectivity index (χ0) is 10.9. The third-order valence-electron chi connectivity index (χ3n) is 2.05. The molecule has 0 aliphatic heterocycles. The number of nitrogens with one attached hydrogen (secondary N) is 1. The molecule has 4 nitrogen and oxygen atoms in total. The Morgan fingerprint density at radius 3 is 2.36 bits per heavy atom. The predicted octanol–water partition coefficient (Wildman–Crippen LogP) is 1.73. The molecule has 0 fully saturated rings. The highest BCUT2D eigenvalue weighted by molar-refractivity contribution is 6.40. The van der Waals surface area contributed by atoms with E-state index in [1.54, 1.807) is 0 Å². The number of aliphatic hydroxyl groups is 1. The number of nitrogens with two attached hydrogens (primary N) is 1. The van der Waals surface area contributed by atoms with E-state index in [0.29, 0.717) is 5.82 Å². The minimum absolute atomic E-state index is 0.146. The summed E-state index contributed by atoms with van der Waals surface area (Å²) < 4.78 is 0. The Hall–Kier alpha value is -0.290. The van der Waals surface area contributed by atoms with Gasteiger partial charge in [-0.05, 0) is 5.92 Å². The van der Waals surface area contributed by atoms with Crippen LogP contribution in [0.1, 0.15) is 25.8 Å². The summed E-state index contributed by atoms with van der Waals surface area (Å²) in [4.78, 5) is 6.53. The van der Waals surface area contributed by atoms with Crippen molar-refractivity contribution < 1.29 is 5.11 Å². The number of halogens is 2. The zero-order valence-corrected chi connectivity index (χ0v) is 9.47. The van der Waals surface area contributed by atoms with Crippen LogP contribution in [-0.2, 0) is 0 Å².